The van der Waals surface area contributed by atoms with Gasteiger partial charge < -0.3 is 0 Å². The van der Waals surface area contributed by atoms with Crippen LogP contribution in [-0.4, -0.2) is 5.71 Å². The van der Waals surface area contributed by atoms with Gasteiger partial charge in [0, 0.05) is 17.5 Å². The zero-order valence-electron chi connectivity index (χ0n) is 9.39. The van der Waals surface area contributed by atoms with Crippen molar-refractivity contribution in [2.24, 2.45) is 4.99 Å². The molecule has 0 aromatic heterocycles. The average molecular weight is 187 g/mol. The van der Waals surface area contributed by atoms with Crippen molar-refractivity contribution in [3.8, 4) is 0 Å². The summed E-state index contributed by atoms with van der Waals surface area (Å²) < 4.78 is 0. The van der Waals surface area contributed by atoms with E-state index in [1.165, 1.54) is 22.3 Å². The molecule has 1 rings (SSSR count). The first-order valence-corrected chi connectivity index (χ1v) is 4.80. The fourth-order valence-corrected chi connectivity index (χ4v) is 1.71. The maximum absolute atomic E-state index is 4.24. The number of benzene rings is 1. The third-order valence-corrected chi connectivity index (χ3v) is 2.59. The van der Waals surface area contributed by atoms with Crippen molar-refractivity contribution in [2.75, 3.05) is 0 Å². The van der Waals surface area contributed by atoms with Gasteiger partial charge in [0.05, 0.1) is 0 Å². The van der Waals surface area contributed by atoms with Crippen LogP contribution < -0.4 is 0 Å². The lowest BCUT2D eigenvalue weighted by Gasteiger charge is -2.11. The van der Waals surface area contributed by atoms with E-state index in [4.69, 9.17) is 0 Å². The van der Waals surface area contributed by atoms with Crippen molar-refractivity contribution < 1.29 is 0 Å². The Morgan fingerprint density at radius 3 is 2.36 bits per heavy atom. The zero-order chi connectivity index (χ0) is 10.7. The number of rotatable bonds is 2. The van der Waals surface area contributed by atoms with Crippen molar-refractivity contribution in [3.63, 3.8) is 0 Å². The smallest absolute Gasteiger partial charge is 0.0450 e. The Morgan fingerprint density at radius 1 is 1.21 bits per heavy atom. The van der Waals surface area contributed by atoms with E-state index in [2.05, 4.69) is 44.5 Å². The first-order chi connectivity index (χ1) is 6.57. The van der Waals surface area contributed by atoms with E-state index >= 15 is 0 Å². The van der Waals surface area contributed by atoms with Crippen LogP contribution in [0.5, 0.6) is 0 Å². The Kier molecular flexibility index (Phi) is 3.23. The highest BCUT2D eigenvalue weighted by molar-refractivity contribution is 6.01. The molecule has 0 heterocycles. The van der Waals surface area contributed by atoms with E-state index in [-0.39, 0.29) is 0 Å². The maximum Gasteiger partial charge on any atom is 0.0450 e. The van der Waals surface area contributed by atoms with Gasteiger partial charge in [0.2, 0.25) is 0 Å². The van der Waals surface area contributed by atoms with Gasteiger partial charge in [-0.05, 0) is 44.4 Å². The first kappa shape index (κ1) is 10.7. The van der Waals surface area contributed by atoms with Crippen molar-refractivity contribution in [3.05, 3.63) is 47.2 Å². The van der Waals surface area contributed by atoms with Gasteiger partial charge in [-0.1, -0.05) is 18.7 Å². The predicted molar refractivity (Wildman–Crippen MR) is 63.1 cm³/mol. The largest absolute Gasteiger partial charge is 0.262 e. The van der Waals surface area contributed by atoms with Gasteiger partial charge in [0.1, 0.15) is 0 Å². The molecule has 0 amide bonds. The molecule has 0 aliphatic heterocycles. The molecule has 0 unspecified atom stereocenters. The Bertz CT molecular complexity index is 386. The summed E-state index contributed by atoms with van der Waals surface area (Å²) in [6.07, 6.45) is 1.59. The van der Waals surface area contributed by atoms with Crippen molar-refractivity contribution in [2.45, 2.75) is 27.7 Å². The quantitative estimate of drug-likeness (QED) is 0.628. The summed E-state index contributed by atoms with van der Waals surface area (Å²) in [4.78, 5) is 4.24. The van der Waals surface area contributed by atoms with Gasteiger partial charge in [-0.15, -0.1) is 0 Å². The zero-order valence-corrected chi connectivity index (χ0v) is 9.39. The summed E-state index contributed by atoms with van der Waals surface area (Å²) in [5, 5.41) is 0. The number of hydrogen-bond acceptors (Lipinski definition) is 1. The average Bonchev–Trinajstić information content (AvgIpc) is 2.13. The molecule has 1 nitrogen and oxygen atoms in total. The lowest BCUT2D eigenvalue weighted by atomic mass is 9.95. The molecule has 0 spiro atoms. The van der Waals surface area contributed by atoms with Gasteiger partial charge >= 0.3 is 0 Å². The van der Waals surface area contributed by atoms with Gasteiger partial charge in [0.15, 0.2) is 0 Å². The minimum atomic E-state index is 1.04. The minimum absolute atomic E-state index is 1.04. The molecule has 1 aromatic rings. The van der Waals surface area contributed by atoms with E-state index in [1.54, 1.807) is 6.20 Å². The fraction of sp³-hybridized carbons (Fsp3) is 0.308. The van der Waals surface area contributed by atoms with E-state index in [0.717, 1.165) is 5.71 Å². The number of aliphatic imine (C=N–C) groups is 1. The summed E-state index contributed by atoms with van der Waals surface area (Å²) in [6.45, 7) is 12.0. The molecular formula is C13H17N. The van der Waals surface area contributed by atoms with Crippen LogP contribution in [0.25, 0.3) is 0 Å². The molecule has 0 N–H and O–H groups in total. The molecular weight excluding hydrogens is 170 g/mol. The van der Waals surface area contributed by atoms with Gasteiger partial charge in [-0.3, -0.25) is 4.99 Å². The molecule has 1 aromatic carbocycles. The van der Waals surface area contributed by atoms with E-state index < -0.39 is 0 Å². The van der Waals surface area contributed by atoms with Crippen LogP contribution in [0, 0.1) is 20.8 Å². The summed E-state index contributed by atoms with van der Waals surface area (Å²) in [6, 6.07) is 4.29. The SMILES string of the molecule is C=C/N=C(/C)c1c(C)ccc(C)c1C. The highest BCUT2D eigenvalue weighted by atomic mass is 14.7. The first-order valence-electron chi connectivity index (χ1n) is 4.80. The highest BCUT2D eigenvalue weighted by Gasteiger charge is 2.06. The van der Waals surface area contributed by atoms with Crippen LogP contribution in [0.4, 0.5) is 0 Å². The van der Waals surface area contributed by atoms with Gasteiger partial charge in [0.25, 0.3) is 0 Å². The third kappa shape index (κ3) is 1.92. The van der Waals surface area contributed by atoms with Crippen LogP contribution in [0.15, 0.2) is 29.9 Å². The van der Waals surface area contributed by atoms with E-state index in [0.29, 0.717) is 0 Å². The van der Waals surface area contributed by atoms with Crippen molar-refractivity contribution >= 4 is 5.71 Å². The Labute approximate surface area is 86.2 Å². The second-order valence-corrected chi connectivity index (χ2v) is 3.60. The molecule has 74 valence electrons. The maximum atomic E-state index is 4.24. The number of hydrogen-bond donors (Lipinski definition) is 0. The monoisotopic (exact) mass is 187 g/mol. The van der Waals surface area contributed by atoms with Crippen LogP contribution in [0.1, 0.15) is 29.2 Å². The molecule has 14 heavy (non-hydrogen) atoms. The van der Waals surface area contributed by atoms with Crippen LogP contribution in [0.2, 0.25) is 0 Å². The topological polar surface area (TPSA) is 12.4 Å². The molecule has 0 fully saturated rings. The summed E-state index contributed by atoms with van der Waals surface area (Å²) in [5.41, 5.74) is 6.19. The second kappa shape index (κ2) is 4.23. The molecule has 0 saturated heterocycles. The normalized spacial score (nSPS) is 11.6. The van der Waals surface area contributed by atoms with Crippen LogP contribution in [0.3, 0.4) is 0 Å². The molecule has 0 aliphatic carbocycles. The van der Waals surface area contributed by atoms with E-state index in [9.17, 15) is 0 Å². The fourth-order valence-electron chi connectivity index (χ4n) is 1.71. The predicted octanol–water partition coefficient (Wildman–Crippen LogP) is 3.56. The minimum Gasteiger partial charge on any atom is -0.262 e. The third-order valence-electron chi connectivity index (χ3n) is 2.59. The van der Waals surface area contributed by atoms with Gasteiger partial charge in [-0.2, -0.15) is 0 Å². The molecule has 0 aliphatic rings. The van der Waals surface area contributed by atoms with Crippen molar-refractivity contribution in [1.82, 2.24) is 0 Å². The Morgan fingerprint density at radius 2 is 1.79 bits per heavy atom. The standard InChI is InChI=1S/C13H17N/c1-6-14-12(5)13-10(3)8-7-9(2)11(13)4/h6-8H,1H2,2-5H3/b14-12-. The molecule has 0 saturated carbocycles. The van der Waals surface area contributed by atoms with Crippen LogP contribution >= 0.6 is 0 Å². The molecule has 0 atom stereocenters. The molecule has 1 heteroatoms. The highest BCUT2D eigenvalue weighted by Crippen LogP contribution is 2.18. The Hall–Kier alpha value is -1.37. The number of aryl methyl sites for hydroxylation is 2. The lowest BCUT2D eigenvalue weighted by molar-refractivity contribution is 1.27. The summed E-state index contributed by atoms with van der Waals surface area (Å²) >= 11 is 0. The summed E-state index contributed by atoms with van der Waals surface area (Å²) in [7, 11) is 0. The lowest BCUT2D eigenvalue weighted by Crippen LogP contribution is -2.02. The van der Waals surface area contributed by atoms with Gasteiger partial charge in [-0.25, -0.2) is 0 Å². The molecule has 0 radical (unpaired) electrons. The second-order valence-electron chi connectivity index (χ2n) is 3.60. The Balaban J connectivity index is 3.39. The van der Waals surface area contributed by atoms with Crippen molar-refractivity contribution in [1.29, 1.82) is 0 Å². The summed E-state index contributed by atoms with van der Waals surface area (Å²) in [5.74, 6) is 0. The number of nitrogens with zero attached hydrogens (tertiary/aromatic N) is 1. The molecule has 0 bridgehead atoms. The van der Waals surface area contributed by atoms with Crippen LogP contribution in [-0.2, 0) is 0 Å². The van der Waals surface area contributed by atoms with E-state index in [1.807, 2.05) is 6.92 Å².